The molecule has 0 unspecified atom stereocenters. The number of carbonyl (C=O) groups excluding carboxylic acids is 2. The van der Waals surface area contributed by atoms with Crippen molar-refractivity contribution in [3.8, 4) is 11.5 Å². The molecule has 3 aromatic carbocycles. The number of hydrogen-bond donors (Lipinski definition) is 1. The summed E-state index contributed by atoms with van der Waals surface area (Å²) in [7, 11) is 4.07. The van der Waals surface area contributed by atoms with Crippen LogP contribution in [-0.2, 0) is 9.47 Å². The summed E-state index contributed by atoms with van der Waals surface area (Å²) in [6.45, 7) is 0.395. The highest BCUT2D eigenvalue weighted by Crippen LogP contribution is 2.35. The molecule has 0 aliphatic carbocycles. The van der Waals surface area contributed by atoms with E-state index in [0.29, 0.717) is 0 Å². The second-order valence-electron chi connectivity index (χ2n) is 6.81. The molecule has 33 heavy (non-hydrogen) atoms. The monoisotopic (exact) mass is 454 g/mol. The maximum Gasteiger partial charge on any atom is 0.339 e. The standard InChI is InChI=1S/C23H22N2O8/c1-30-8-9-33-21-13-19(25(28)29)17(12-20(21)31-2)22(26)24-18-11-15-7-5-4-6-14(15)10-16(18)23(27)32-3/h4-7,10-13H,8-9H2,1-3H3,(H,24,26). The van der Waals surface area contributed by atoms with Crippen LogP contribution in [0.1, 0.15) is 20.7 Å². The molecule has 0 heterocycles. The average molecular weight is 454 g/mol. The van der Waals surface area contributed by atoms with Crippen molar-refractivity contribution in [3.05, 3.63) is 69.8 Å². The van der Waals surface area contributed by atoms with Gasteiger partial charge in [0.2, 0.25) is 0 Å². The van der Waals surface area contributed by atoms with Crippen molar-refractivity contribution in [2.45, 2.75) is 0 Å². The third kappa shape index (κ3) is 5.18. The second kappa shape index (κ2) is 10.4. The fraction of sp³-hybridized carbons (Fsp3) is 0.217. The molecular weight excluding hydrogens is 432 g/mol. The van der Waals surface area contributed by atoms with Gasteiger partial charge in [-0.25, -0.2) is 4.79 Å². The zero-order valence-corrected chi connectivity index (χ0v) is 18.2. The van der Waals surface area contributed by atoms with E-state index in [2.05, 4.69) is 5.32 Å². The van der Waals surface area contributed by atoms with Gasteiger partial charge in [0.05, 0.1) is 43.1 Å². The van der Waals surface area contributed by atoms with Gasteiger partial charge in [0.25, 0.3) is 11.6 Å². The Labute approximate surface area is 189 Å². The first-order valence-corrected chi connectivity index (χ1v) is 9.80. The van der Waals surface area contributed by atoms with Gasteiger partial charge in [-0.3, -0.25) is 14.9 Å². The lowest BCUT2D eigenvalue weighted by Gasteiger charge is -2.14. The van der Waals surface area contributed by atoms with Crippen LogP contribution in [0.4, 0.5) is 11.4 Å². The minimum atomic E-state index is -0.802. The number of ether oxygens (including phenoxy) is 4. The Morgan fingerprint density at radius 2 is 1.64 bits per heavy atom. The van der Waals surface area contributed by atoms with Crippen LogP contribution < -0.4 is 14.8 Å². The maximum atomic E-state index is 13.1. The number of nitro groups is 1. The van der Waals surface area contributed by atoms with Crippen LogP contribution in [0, 0.1) is 10.1 Å². The fourth-order valence-electron chi connectivity index (χ4n) is 3.20. The van der Waals surface area contributed by atoms with E-state index in [4.69, 9.17) is 18.9 Å². The summed E-state index contributed by atoms with van der Waals surface area (Å²) < 4.78 is 20.5. The van der Waals surface area contributed by atoms with Gasteiger partial charge in [-0.05, 0) is 22.9 Å². The second-order valence-corrected chi connectivity index (χ2v) is 6.81. The van der Waals surface area contributed by atoms with E-state index >= 15 is 0 Å². The molecule has 0 saturated heterocycles. The van der Waals surface area contributed by atoms with E-state index in [0.717, 1.165) is 16.8 Å². The van der Waals surface area contributed by atoms with Crippen LogP contribution in [0.2, 0.25) is 0 Å². The summed E-state index contributed by atoms with van der Waals surface area (Å²) in [5, 5.41) is 15.8. The first-order valence-electron chi connectivity index (χ1n) is 9.80. The highest BCUT2D eigenvalue weighted by Gasteiger charge is 2.26. The van der Waals surface area contributed by atoms with Gasteiger partial charge in [0.1, 0.15) is 12.2 Å². The number of benzene rings is 3. The van der Waals surface area contributed by atoms with E-state index in [-0.39, 0.29) is 41.5 Å². The van der Waals surface area contributed by atoms with Crippen molar-refractivity contribution in [3.63, 3.8) is 0 Å². The minimum absolute atomic E-state index is 0.0961. The van der Waals surface area contributed by atoms with Crippen molar-refractivity contribution < 1.29 is 33.5 Å². The van der Waals surface area contributed by atoms with Crippen LogP contribution in [0.25, 0.3) is 10.8 Å². The Kier molecular flexibility index (Phi) is 7.42. The Morgan fingerprint density at radius 1 is 0.939 bits per heavy atom. The number of hydrogen-bond acceptors (Lipinski definition) is 8. The van der Waals surface area contributed by atoms with E-state index in [9.17, 15) is 19.7 Å². The zero-order chi connectivity index (χ0) is 24.0. The molecule has 0 saturated carbocycles. The Morgan fingerprint density at radius 3 is 2.24 bits per heavy atom. The quantitative estimate of drug-likeness (QED) is 0.224. The van der Waals surface area contributed by atoms with Crippen LogP contribution in [0.5, 0.6) is 11.5 Å². The molecule has 3 rings (SSSR count). The molecule has 0 atom stereocenters. The van der Waals surface area contributed by atoms with Crippen molar-refractivity contribution in [2.75, 3.05) is 39.9 Å². The van der Waals surface area contributed by atoms with E-state index in [1.165, 1.54) is 27.4 Å². The largest absolute Gasteiger partial charge is 0.493 e. The minimum Gasteiger partial charge on any atom is -0.493 e. The number of amides is 1. The molecule has 0 aromatic heterocycles. The van der Waals surface area contributed by atoms with E-state index in [1.54, 1.807) is 12.1 Å². The van der Waals surface area contributed by atoms with Gasteiger partial charge < -0.3 is 24.3 Å². The lowest BCUT2D eigenvalue weighted by molar-refractivity contribution is -0.385. The number of nitrogens with one attached hydrogen (secondary N) is 1. The Balaban J connectivity index is 2.04. The van der Waals surface area contributed by atoms with E-state index < -0.39 is 22.5 Å². The number of esters is 1. The molecule has 0 bridgehead atoms. The number of methoxy groups -OCH3 is 3. The molecule has 1 N–H and O–H groups in total. The molecule has 1 amide bonds. The SMILES string of the molecule is COCCOc1cc([N+](=O)[O-])c(C(=O)Nc2cc3ccccc3cc2C(=O)OC)cc1OC. The number of fused-ring (bicyclic) bond motifs is 1. The van der Waals surface area contributed by atoms with E-state index in [1.807, 2.05) is 24.3 Å². The van der Waals surface area contributed by atoms with Crippen LogP contribution in [0.15, 0.2) is 48.5 Å². The molecular formula is C23H22N2O8. The topological polar surface area (TPSA) is 126 Å². The van der Waals surface area contributed by atoms with Crippen LogP contribution in [-0.4, -0.2) is 51.3 Å². The molecule has 0 aliphatic rings. The predicted octanol–water partition coefficient (Wildman–Crippen LogP) is 3.82. The van der Waals surface area contributed by atoms with Crippen molar-refractivity contribution in [1.29, 1.82) is 0 Å². The molecule has 0 fully saturated rings. The summed E-state index contributed by atoms with van der Waals surface area (Å²) in [6.07, 6.45) is 0. The predicted molar refractivity (Wildman–Crippen MR) is 120 cm³/mol. The maximum absolute atomic E-state index is 13.1. The van der Waals surface area contributed by atoms with Crippen LogP contribution >= 0.6 is 0 Å². The van der Waals surface area contributed by atoms with Gasteiger partial charge in [0.15, 0.2) is 11.5 Å². The molecule has 3 aromatic rings. The third-order valence-electron chi connectivity index (χ3n) is 4.81. The first kappa shape index (κ1) is 23.5. The zero-order valence-electron chi connectivity index (χ0n) is 18.2. The number of carbonyl (C=O) groups is 2. The Hall–Kier alpha value is -4.18. The van der Waals surface area contributed by atoms with Crippen molar-refractivity contribution in [1.82, 2.24) is 0 Å². The molecule has 0 spiro atoms. The average Bonchev–Trinajstić information content (AvgIpc) is 2.82. The lowest BCUT2D eigenvalue weighted by atomic mass is 10.0. The Bertz CT molecular complexity index is 1210. The van der Waals surface area contributed by atoms with Gasteiger partial charge in [-0.1, -0.05) is 24.3 Å². The molecule has 172 valence electrons. The lowest BCUT2D eigenvalue weighted by Crippen LogP contribution is -2.17. The highest BCUT2D eigenvalue weighted by molar-refractivity contribution is 6.12. The van der Waals surface area contributed by atoms with Gasteiger partial charge in [-0.15, -0.1) is 0 Å². The third-order valence-corrected chi connectivity index (χ3v) is 4.81. The smallest absolute Gasteiger partial charge is 0.339 e. The van der Waals surface area contributed by atoms with Crippen LogP contribution in [0.3, 0.4) is 0 Å². The number of nitro benzene ring substituents is 1. The van der Waals surface area contributed by atoms with Crippen molar-refractivity contribution in [2.24, 2.45) is 0 Å². The summed E-state index contributed by atoms with van der Waals surface area (Å²) in [4.78, 5) is 36.4. The highest BCUT2D eigenvalue weighted by atomic mass is 16.6. The van der Waals surface area contributed by atoms with Crippen molar-refractivity contribution >= 4 is 34.0 Å². The summed E-state index contributed by atoms with van der Waals surface area (Å²) in [5.41, 5.74) is -0.487. The van der Waals surface area contributed by atoms with Gasteiger partial charge >= 0.3 is 5.97 Å². The number of nitrogens with zero attached hydrogens (tertiary/aromatic N) is 1. The first-order chi connectivity index (χ1) is 15.9. The molecule has 0 aliphatic heterocycles. The molecule has 0 radical (unpaired) electrons. The normalized spacial score (nSPS) is 10.5. The van der Waals surface area contributed by atoms with Gasteiger partial charge in [-0.2, -0.15) is 0 Å². The number of anilines is 1. The molecule has 10 heteroatoms. The molecule has 10 nitrogen and oxygen atoms in total. The summed E-state index contributed by atoms with van der Waals surface area (Å²) in [6, 6.07) is 12.8. The fourth-order valence-corrected chi connectivity index (χ4v) is 3.20. The van der Waals surface area contributed by atoms with Gasteiger partial charge in [0, 0.05) is 13.2 Å². The summed E-state index contributed by atoms with van der Waals surface area (Å²) >= 11 is 0. The number of rotatable bonds is 9. The summed E-state index contributed by atoms with van der Waals surface area (Å²) in [5.74, 6) is -1.23.